The standard InChI is InChI=1S/C12H11BrO4/c1-8(7-16-2)12(15)17-11-4-3-10(13)5-9(11)6-14/h3-7H,1-2H3/b8-7+. The lowest BCUT2D eigenvalue weighted by Gasteiger charge is -2.06. The maximum atomic E-state index is 11.6. The quantitative estimate of drug-likeness (QED) is 0.282. The average Bonchev–Trinajstić information content (AvgIpc) is 2.31. The molecule has 0 bridgehead atoms. The Morgan fingerprint density at radius 1 is 1.41 bits per heavy atom. The van der Waals surface area contributed by atoms with Gasteiger partial charge in [0.1, 0.15) is 5.75 Å². The van der Waals surface area contributed by atoms with Gasteiger partial charge in [-0.2, -0.15) is 0 Å². The molecule has 0 saturated heterocycles. The highest BCUT2D eigenvalue weighted by atomic mass is 79.9. The van der Waals surface area contributed by atoms with Crippen LogP contribution in [-0.2, 0) is 9.53 Å². The summed E-state index contributed by atoms with van der Waals surface area (Å²) < 4.78 is 10.5. The first-order valence-electron chi connectivity index (χ1n) is 4.75. The molecule has 0 fully saturated rings. The van der Waals surface area contributed by atoms with E-state index in [0.717, 1.165) is 4.47 Å². The predicted octanol–water partition coefficient (Wildman–Crippen LogP) is 2.72. The fourth-order valence-corrected chi connectivity index (χ4v) is 1.49. The molecule has 0 N–H and O–H groups in total. The third kappa shape index (κ3) is 3.71. The molecule has 0 radical (unpaired) electrons. The van der Waals surface area contributed by atoms with Gasteiger partial charge in [0.2, 0.25) is 0 Å². The second-order valence-corrected chi connectivity index (χ2v) is 4.14. The Labute approximate surface area is 107 Å². The van der Waals surface area contributed by atoms with E-state index in [0.29, 0.717) is 17.4 Å². The van der Waals surface area contributed by atoms with E-state index in [1.54, 1.807) is 25.1 Å². The first-order valence-corrected chi connectivity index (χ1v) is 5.54. The number of hydrogen-bond acceptors (Lipinski definition) is 4. The Kier molecular flexibility index (Phi) is 4.90. The van der Waals surface area contributed by atoms with E-state index in [-0.39, 0.29) is 5.75 Å². The van der Waals surface area contributed by atoms with Gasteiger partial charge in [-0.1, -0.05) is 15.9 Å². The Balaban J connectivity index is 2.92. The molecule has 0 aromatic heterocycles. The van der Waals surface area contributed by atoms with Crippen LogP contribution in [0.25, 0.3) is 0 Å². The fourth-order valence-electron chi connectivity index (χ4n) is 1.11. The maximum absolute atomic E-state index is 11.6. The lowest BCUT2D eigenvalue weighted by atomic mass is 10.2. The van der Waals surface area contributed by atoms with E-state index in [1.165, 1.54) is 13.4 Å². The lowest BCUT2D eigenvalue weighted by molar-refractivity contribution is -0.130. The zero-order chi connectivity index (χ0) is 12.8. The van der Waals surface area contributed by atoms with Crippen molar-refractivity contribution in [2.45, 2.75) is 6.92 Å². The molecule has 0 atom stereocenters. The molecule has 0 amide bonds. The van der Waals surface area contributed by atoms with Crippen LogP contribution in [0.5, 0.6) is 5.75 Å². The minimum absolute atomic E-state index is 0.219. The lowest BCUT2D eigenvalue weighted by Crippen LogP contribution is -2.10. The van der Waals surface area contributed by atoms with Crippen LogP contribution in [0.3, 0.4) is 0 Å². The number of rotatable bonds is 4. The molecule has 0 heterocycles. The van der Waals surface area contributed by atoms with Crippen LogP contribution in [0.15, 0.2) is 34.5 Å². The molecule has 0 aliphatic carbocycles. The number of halogens is 1. The summed E-state index contributed by atoms with van der Waals surface area (Å²) in [6, 6.07) is 4.81. The Bertz CT molecular complexity index is 466. The number of ether oxygens (including phenoxy) is 2. The van der Waals surface area contributed by atoms with Crippen LogP contribution < -0.4 is 4.74 Å². The van der Waals surface area contributed by atoms with Gasteiger partial charge in [-0.3, -0.25) is 4.79 Å². The summed E-state index contributed by atoms with van der Waals surface area (Å²) in [6.07, 6.45) is 1.91. The first-order chi connectivity index (χ1) is 8.08. The summed E-state index contributed by atoms with van der Waals surface area (Å²) in [6.45, 7) is 1.56. The van der Waals surface area contributed by atoms with E-state index in [9.17, 15) is 9.59 Å². The molecular formula is C12H11BrO4. The van der Waals surface area contributed by atoms with Crippen molar-refractivity contribution in [2.24, 2.45) is 0 Å². The van der Waals surface area contributed by atoms with Crippen LogP contribution in [0, 0.1) is 0 Å². The Morgan fingerprint density at radius 2 is 2.12 bits per heavy atom. The van der Waals surface area contributed by atoms with Crippen molar-refractivity contribution in [3.8, 4) is 5.75 Å². The third-order valence-corrected chi connectivity index (χ3v) is 2.41. The van der Waals surface area contributed by atoms with Crippen molar-refractivity contribution >= 4 is 28.2 Å². The summed E-state index contributed by atoms with van der Waals surface area (Å²) in [7, 11) is 1.44. The number of methoxy groups -OCH3 is 1. The number of hydrogen-bond donors (Lipinski definition) is 0. The SMILES string of the molecule is CO/C=C(\C)C(=O)Oc1ccc(Br)cc1C=O. The molecule has 1 rings (SSSR count). The van der Waals surface area contributed by atoms with Gasteiger partial charge in [-0.05, 0) is 25.1 Å². The van der Waals surface area contributed by atoms with Crippen molar-refractivity contribution in [1.29, 1.82) is 0 Å². The Hall–Kier alpha value is -1.62. The second kappa shape index (κ2) is 6.20. The van der Waals surface area contributed by atoms with Crippen molar-refractivity contribution in [1.82, 2.24) is 0 Å². The monoisotopic (exact) mass is 298 g/mol. The topological polar surface area (TPSA) is 52.6 Å². The molecule has 0 aliphatic rings. The van der Waals surface area contributed by atoms with Crippen LogP contribution in [0.4, 0.5) is 0 Å². The fraction of sp³-hybridized carbons (Fsp3) is 0.167. The van der Waals surface area contributed by atoms with Crippen LogP contribution >= 0.6 is 15.9 Å². The van der Waals surface area contributed by atoms with E-state index in [4.69, 9.17) is 9.47 Å². The maximum Gasteiger partial charge on any atom is 0.342 e. The number of carbonyl (C=O) groups excluding carboxylic acids is 2. The minimum Gasteiger partial charge on any atom is -0.504 e. The second-order valence-electron chi connectivity index (χ2n) is 3.23. The number of aldehydes is 1. The van der Waals surface area contributed by atoms with Crippen LogP contribution in [0.1, 0.15) is 17.3 Å². The van der Waals surface area contributed by atoms with Crippen molar-refractivity contribution in [3.63, 3.8) is 0 Å². The molecule has 0 spiro atoms. The van der Waals surface area contributed by atoms with Gasteiger partial charge in [0.25, 0.3) is 0 Å². The largest absolute Gasteiger partial charge is 0.504 e. The van der Waals surface area contributed by atoms with Gasteiger partial charge in [0.05, 0.1) is 24.5 Å². The van der Waals surface area contributed by atoms with Crippen LogP contribution in [-0.4, -0.2) is 19.4 Å². The van der Waals surface area contributed by atoms with Crippen molar-refractivity contribution in [2.75, 3.05) is 7.11 Å². The molecule has 5 heteroatoms. The number of esters is 1. The molecule has 0 saturated carbocycles. The van der Waals surface area contributed by atoms with E-state index >= 15 is 0 Å². The van der Waals surface area contributed by atoms with E-state index in [1.807, 2.05) is 0 Å². The van der Waals surface area contributed by atoms with Crippen LogP contribution in [0.2, 0.25) is 0 Å². The summed E-state index contributed by atoms with van der Waals surface area (Å²) >= 11 is 3.23. The van der Waals surface area contributed by atoms with E-state index in [2.05, 4.69) is 15.9 Å². The number of carbonyl (C=O) groups is 2. The minimum atomic E-state index is -0.558. The average molecular weight is 299 g/mol. The molecule has 0 aliphatic heterocycles. The summed E-state index contributed by atoms with van der Waals surface area (Å²) in [5, 5.41) is 0. The predicted molar refractivity (Wildman–Crippen MR) is 65.9 cm³/mol. The summed E-state index contributed by atoms with van der Waals surface area (Å²) in [4.78, 5) is 22.4. The smallest absolute Gasteiger partial charge is 0.342 e. The molecule has 4 nitrogen and oxygen atoms in total. The Morgan fingerprint density at radius 3 is 2.71 bits per heavy atom. The zero-order valence-corrected chi connectivity index (χ0v) is 11.0. The molecule has 17 heavy (non-hydrogen) atoms. The molecule has 90 valence electrons. The van der Waals surface area contributed by atoms with Crippen molar-refractivity contribution < 1.29 is 19.1 Å². The summed E-state index contributed by atoms with van der Waals surface area (Å²) in [5.41, 5.74) is 0.616. The van der Waals surface area contributed by atoms with Gasteiger partial charge in [-0.25, -0.2) is 4.79 Å². The number of benzene rings is 1. The van der Waals surface area contributed by atoms with E-state index < -0.39 is 5.97 Å². The highest BCUT2D eigenvalue weighted by Crippen LogP contribution is 2.22. The normalized spacial score (nSPS) is 10.9. The molecule has 0 unspecified atom stereocenters. The first kappa shape index (κ1) is 13.4. The van der Waals surface area contributed by atoms with Crippen molar-refractivity contribution in [3.05, 3.63) is 40.1 Å². The van der Waals surface area contributed by atoms with Gasteiger partial charge in [0, 0.05) is 4.47 Å². The van der Waals surface area contributed by atoms with Gasteiger partial charge >= 0.3 is 5.97 Å². The molecule has 1 aromatic rings. The van der Waals surface area contributed by atoms with Gasteiger partial charge < -0.3 is 9.47 Å². The van der Waals surface area contributed by atoms with Gasteiger partial charge in [-0.15, -0.1) is 0 Å². The molecule has 1 aromatic carbocycles. The highest BCUT2D eigenvalue weighted by molar-refractivity contribution is 9.10. The third-order valence-electron chi connectivity index (χ3n) is 1.92. The van der Waals surface area contributed by atoms with Gasteiger partial charge in [0.15, 0.2) is 6.29 Å². The summed E-state index contributed by atoms with van der Waals surface area (Å²) in [5.74, 6) is -0.339. The highest BCUT2D eigenvalue weighted by Gasteiger charge is 2.11. The molecular weight excluding hydrogens is 288 g/mol. The zero-order valence-electron chi connectivity index (χ0n) is 9.40.